The van der Waals surface area contributed by atoms with Crippen molar-refractivity contribution in [3.63, 3.8) is 0 Å². The van der Waals surface area contributed by atoms with Gasteiger partial charge in [-0.15, -0.1) is 0 Å². The number of hydrogen-bond acceptors (Lipinski definition) is 10. The first-order valence-corrected chi connectivity index (χ1v) is 16.2. The van der Waals surface area contributed by atoms with E-state index in [0.29, 0.717) is 0 Å². The molecule has 14 nitrogen and oxygen atoms in total. The van der Waals surface area contributed by atoms with Crippen LogP contribution in [0, 0.1) is 0 Å². The number of aliphatic hydroxyl groups excluding tert-OH is 4. The van der Waals surface area contributed by atoms with E-state index in [1.807, 2.05) is 0 Å². The van der Waals surface area contributed by atoms with Gasteiger partial charge in [0.2, 0.25) is 0 Å². The van der Waals surface area contributed by atoms with Crippen LogP contribution in [0.5, 0.6) is 0 Å². The average molecular weight is 612 g/mol. The zero-order chi connectivity index (χ0) is 24.6. The van der Waals surface area contributed by atoms with Gasteiger partial charge in [0.15, 0.2) is 0 Å². The monoisotopic (exact) mass is 614 g/mol. The van der Waals surface area contributed by atoms with E-state index in [1.54, 1.807) is 0 Å². The predicted octanol–water partition coefficient (Wildman–Crippen LogP) is -6.06. The fraction of sp³-hybridized carbons (Fsp3) is 0.556. The van der Waals surface area contributed by atoms with Crippen LogP contribution in [0.3, 0.4) is 0 Å². The van der Waals surface area contributed by atoms with E-state index in [9.17, 15) is 39.6 Å². The first kappa shape index (κ1) is 25.3. The van der Waals surface area contributed by atoms with Gasteiger partial charge >= 0.3 is 201 Å². The summed E-state index contributed by atoms with van der Waals surface area (Å²) in [5.41, 5.74) is -2.68. The number of aromatic amines is 2. The normalized spacial score (nSPS) is 29.1. The first-order chi connectivity index (χ1) is 16.2. The van der Waals surface area contributed by atoms with Gasteiger partial charge in [0.25, 0.3) is 0 Å². The molecule has 4 rings (SSSR count). The molecule has 34 heavy (non-hydrogen) atoms. The summed E-state index contributed by atoms with van der Waals surface area (Å²) in [7, 11) is 0. The van der Waals surface area contributed by atoms with Crippen molar-refractivity contribution in [2.75, 3.05) is 13.2 Å². The molecule has 2 aliphatic rings. The van der Waals surface area contributed by atoms with Crippen LogP contribution in [0.15, 0.2) is 31.6 Å². The van der Waals surface area contributed by atoms with E-state index in [2.05, 4.69) is 9.97 Å². The van der Waals surface area contributed by atoms with Gasteiger partial charge in [-0.05, 0) is 0 Å². The molecule has 6 atom stereocenters. The topological polar surface area (TPSA) is 209 Å². The van der Waals surface area contributed by atoms with Crippen molar-refractivity contribution in [2.45, 2.75) is 49.7 Å². The molecule has 0 amide bonds. The molecular weight excluding hydrogens is 590 g/mol. The van der Waals surface area contributed by atoms with Gasteiger partial charge in [-0.1, -0.05) is 0 Å². The van der Waals surface area contributed by atoms with Gasteiger partial charge < -0.3 is 0 Å². The van der Waals surface area contributed by atoms with Crippen LogP contribution in [-0.2, 0) is 9.47 Å². The molecule has 0 aromatic carbocycles. The van der Waals surface area contributed by atoms with Crippen LogP contribution in [0.2, 0.25) is 0 Å². The SMILES string of the molecule is O=c1[nH]c(=O)n([C@H]2C[C@H](O)[C@@H](CO)O2)cc1[Se][Se]c1cn([C@H]2C[C@H](O)[C@@H](CO)O2)c(=O)[nH]c1=O. The fourth-order valence-electron chi connectivity index (χ4n) is 3.67. The van der Waals surface area contributed by atoms with Gasteiger partial charge in [0.1, 0.15) is 0 Å². The molecule has 186 valence electrons. The maximum atomic E-state index is 12.3. The summed E-state index contributed by atoms with van der Waals surface area (Å²) in [4.78, 5) is 53.6. The number of nitrogens with one attached hydrogen (secondary N) is 2. The minimum atomic E-state index is -0.964. The van der Waals surface area contributed by atoms with Crippen molar-refractivity contribution in [3.05, 3.63) is 54.1 Å². The van der Waals surface area contributed by atoms with Crippen molar-refractivity contribution in [3.8, 4) is 0 Å². The van der Waals surface area contributed by atoms with Gasteiger partial charge in [-0.2, -0.15) is 0 Å². The summed E-state index contributed by atoms with van der Waals surface area (Å²) in [6.45, 7) is -0.843. The van der Waals surface area contributed by atoms with E-state index in [4.69, 9.17) is 9.47 Å². The third-order valence-electron chi connectivity index (χ3n) is 5.48. The standard InChI is InChI=1S/C18H22N4O10Se2/c23-5-9-7(25)1-13(31-9)21-3-11(15(27)19-17(21)29)33-34-12-4-22(18(30)20-16(12)28)14-2-8(26)10(6-24)32-14/h3-4,7-10,13-14,23-26H,1-2,5-6H2,(H,19,27,29)(H,20,28,30)/t7-,8-,9+,10+,13+,14+/m0/s1. The predicted molar refractivity (Wildman–Crippen MR) is 117 cm³/mol. The van der Waals surface area contributed by atoms with Crippen LogP contribution in [-0.4, -0.2) is 103 Å². The summed E-state index contributed by atoms with van der Waals surface area (Å²) in [5.74, 6) is 0. The molecule has 0 unspecified atom stereocenters. The Bertz CT molecular complexity index is 1180. The van der Waals surface area contributed by atoms with Gasteiger partial charge in [0.05, 0.1) is 0 Å². The fourth-order valence-corrected chi connectivity index (χ4v) is 9.78. The quantitative estimate of drug-likeness (QED) is 0.163. The second-order valence-corrected chi connectivity index (χ2v) is 13.9. The number of hydrogen-bond donors (Lipinski definition) is 6. The first-order valence-electron chi connectivity index (χ1n) is 10.2. The summed E-state index contributed by atoms with van der Waals surface area (Å²) >= 11 is -1.16. The van der Waals surface area contributed by atoms with E-state index in [-0.39, 0.29) is 21.8 Å². The van der Waals surface area contributed by atoms with Crippen molar-refractivity contribution >= 4 is 35.2 Å². The van der Waals surface area contributed by atoms with Crippen molar-refractivity contribution in [1.82, 2.24) is 19.1 Å². The Morgan fingerprint density at radius 2 is 1.18 bits per heavy atom. The molecule has 6 N–H and O–H groups in total. The molecule has 2 aromatic heterocycles. The Morgan fingerprint density at radius 3 is 1.50 bits per heavy atom. The Balaban J connectivity index is 1.56. The Kier molecular flexibility index (Phi) is 7.74. The Hall–Kier alpha value is -1.84. The number of aromatic nitrogens is 4. The summed E-state index contributed by atoms with van der Waals surface area (Å²) in [6.07, 6.45) is -2.58. The molecule has 0 spiro atoms. The second-order valence-electron chi connectivity index (χ2n) is 7.72. The van der Waals surface area contributed by atoms with Crippen molar-refractivity contribution in [2.24, 2.45) is 0 Å². The average Bonchev–Trinajstić information content (AvgIpc) is 3.35. The number of nitrogens with zero attached hydrogens (tertiary/aromatic N) is 2. The molecule has 2 fully saturated rings. The van der Waals surface area contributed by atoms with E-state index in [0.717, 1.165) is 9.13 Å². The molecule has 0 radical (unpaired) electrons. The summed E-state index contributed by atoms with van der Waals surface area (Å²) in [5, 5.41) is 38.4. The van der Waals surface area contributed by atoms with Crippen LogP contribution in [0.1, 0.15) is 25.3 Å². The molecule has 0 bridgehead atoms. The molecule has 0 aliphatic carbocycles. The molecular formula is C18H22N4O10Se2. The van der Waals surface area contributed by atoms with Crippen molar-refractivity contribution < 1.29 is 29.9 Å². The minimum absolute atomic E-state index is 0.0570. The van der Waals surface area contributed by atoms with Crippen LogP contribution in [0.25, 0.3) is 0 Å². The number of H-pyrrole nitrogens is 2. The Morgan fingerprint density at radius 1 is 0.794 bits per heavy atom. The van der Waals surface area contributed by atoms with Crippen LogP contribution >= 0.6 is 0 Å². The van der Waals surface area contributed by atoms with E-state index < -0.39 is 98.8 Å². The molecule has 2 saturated heterocycles. The Labute approximate surface area is 201 Å². The maximum absolute atomic E-state index is 12.3. The third kappa shape index (κ3) is 5.06. The second kappa shape index (κ2) is 10.4. The summed E-state index contributed by atoms with van der Waals surface area (Å²) in [6, 6.07) is 0. The van der Waals surface area contributed by atoms with Gasteiger partial charge in [-0.25, -0.2) is 0 Å². The summed E-state index contributed by atoms with van der Waals surface area (Å²) < 4.78 is 13.8. The molecule has 4 heterocycles. The van der Waals surface area contributed by atoms with Gasteiger partial charge in [0, 0.05) is 0 Å². The van der Waals surface area contributed by atoms with Crippen LogP contribution in [0.4, 0.5) is 0 Å². The number of aliphatic hydroxyl groups is 4. The zero-order valence-electron chi connectivity index (χ0n) is 17.4. The molecule has 2 aliphatic heterocycles. The molecule has 2 aromatic rings. The zero-order valence-corrected chi connectivity index (χ0v) is 20.8. The van der Waals surface area contributed by atoms with E-state index in [1.165, 1.54) is 12.4 Å². The van der Waals surface area contributed by atoms with Gasteiger partial charge in [-0.3, -0.25) is 0 Å². The van der Waals surface area contributed by atoms with Crippen LogP contribution < -0.4 is 31.4 Å². The van der Waals surface area contributed by atoms with Crippen molar-refractivity contribution in [1.29, 1.82) is 0 Å². The molecule has 0 saturated carbocycles. The number of rotatable bonds is 7. The molecule has 16 heteroatoms. The van der Waals surface area contributed by atoms with E-state index >= 15 is 0 Å². The number of ether oxygens (including phenoxy) is 2. The third-order valence-corrected chi connectivity index (χ3v) is 12.5.